The first-order valence-corrected chi connectivity index (χ1v) is 11.5. The number of carboxylic acids is 1. The summed E-state index contributed by atoms with van der Waals surface area (Å²) >= 11 is 12.8. The third-order valence-electron chi connectivity index (χ3n) is 4.49. The minimum atomic E-state index is -1.12. The molecule has 10 heteroatoms. The lowest BCUT2D eigenvalue weighted by Crippen LogP contribution is -2.17. The van der Waals surface area contributed by atoms with Crippen LogP contribution in [0.15, 0.2) is 68.7 Å². The second-order valence-electron chi connectivity index (χ2n) is 6.91. The van der Waals surface area contributed by atoms with Crippen LogP contribution in [0.2, 0.25) is 5.02 Å². The molecule has 0 saturated heterocycles. The SMILES string of the molecule is CC(ON=Cc1cc(Br)c(Oc2ccc(O)c(C(O)c3ccc(Cl)cc3)c2)c(Br)c1)C(=O)O. The molecule has 0 heterocycles. The van der Waals surface area contributed by atoms with E-state index in [2.05, 4.69) is 37.0 Å². The minimum absolute atomic E-state index is 0.0786. The number of phenolic OH excluding ortho intramolecular Hbond substituents is 1. The fraction of sp³-hybridized carbons (Fsp3) is 0.130. The van der Waals surface area contributed by atoms with Gasteiger partial charge >= 0.3 is 5.97 Å². The van der Waals surface area contributed by atoms with Crippen LogP contribution in [0.4, 0.5) is 0 Å². The largest absolute Gasteiger partial charge is 0.508 e. The molecule has 3 N–H and O–H groups in total. The van der Waals surface area contributed by atoms with Gasteiger partial charge in [-0.1, -0.05) is 28.9 Å². The van der Waals surface area contributed by atoms with Crippen molar-refractivity contribution in [2.45, 2.75) is 19.1 Å². The van der Waals surface area contributed by atoms with Crippen molar-refractivity contribution >= 4 is 55.6 Å². The van der Waals surface area contributed by atoms with Gasteiger partial charge < -0.3 is 24.9 Å². The summed E-state index contributed by atoms with van der Waals surface area (Å²) in [6.07, 6.45) is -0.771. The Labute approximate surface area is 211 Å². The predicted octanol–water partition coefficient (Wildman–Crippen LogP) is 6.27. The van der Waals surface area contributed by atoms with Crippen LogP contribution in [0.3, 0.4) is 0 Å². The van der Waals surface area contributed by atoms with Gasteiger partial charge in [-0.05, 0) is 92.4 Å². The van der Waals surface area contributed by atoms with Crippen LogP contribution in [0.1, 0.15) is 29.7 Å². The Bertz CT molecular complexity index is 1160. The van der Waals surface area contributed by atoms with Gasteiger partial charge in [0.15, 0.2) is 5.75 Å². The number of halogens is 3. The van der Waals surface area contributed by atoms with Crippen molar-refractivity contribution in [3.63, 3.8) is 0 Å². The molecule has 0 fully saturated rings. The second kappa shape index (κ2) is 11.0. The fourth-order valence-electron chi connectivity index (χ4n) is 2.74. The summed E-state index contributed by atoms with van der Waals surface area (Å²) in [7, 11) is 0. The third kappa shape index (κ3) is 6.48. The Hall–Kier alpha value is -2.59. The highest BCUT2D eigenvalue weighted by Crippen LogP contribution is 2.40. The van der Waals surface area contributed by atoms with Gasteiger partial charge in [-0.3, -0.25) is 0 Å². The predicted molar refractivity (Wildman–Crippen MR) is 131 cm³/mol. The molecule has 0 bridgehead atoms. The van der Waals surface area contributed by atoms with Crippen LogP contribution >= 0.6 is 43.5 Å². The zero-order valence-electron chi connectivity index (χ0n) is 17.1. The van der Waals surface area contributed by atoms with E-state index in [4.69, 9.17) is 26.3 Å². The molecule has 0 aromatic heterocycles. The fourth-order valence-corrected chi connectivity index (χ4v) is 4.25. The Balaban J connectivity index is 1.82. The summed E-state index contributed by atoms with van der Waals surface area (Å²) < 4.78 is 7.14. The number of nitrogens with zero attached hydrogens (tertiary/aromatic N) is 1. The molecule has 0 saturated carbocycles. The van der Waals surface area contributed by atoms with Gasteiger partial charge in [0.25, 0.3) is 0 Å². The number of aromatic hydroxyl groups is 1. The molecule has 0 radical (unpaired) electrons. The van der Waals surface area contributed by atoms with Crippen molar-refractivity contribution in [1.29, 1.82) is 0 Å². The molecule has 0 aliphatic carbocycles. The summed E-state index contributed by atoms with van der Waals surface area (Å²) in [5.41, 5.74) is 1.47. The first-order chi connectivity index (χ1) is 15.7. The van der Waals surface area contributed by atoms with Crippen molar-refractivity contribution in [3.8, 4) is 17.2 Å². The van der Waals surface area contributed by atoms with E-state index in [1.807, 2.05) is 0 Å². The van der Waals surface area contributed by atoms with Crippen molar-refractivity contribution in [1.82, 2.24) is 0 Å². The molecule has 3 rings (SSSR count). The minimum Gasteiger partial charge on any atom is -0.508 e. The number of aliphatic carboxylic acids is 1. The quantitative estimate of drug-likeness (QED) is 0.208. The molecule has 0 aliphatic rings. The van der Waals surface area contributed by atoms with Crippen LogP contribution in [0.5, 0.6) is 17.2 Å². The monoisotopic (exact) mass is 597 g/mol. The van der Waals surface area contributed by atoms with Gasteiger partial charge in [0.1, 0.15) is 17.6 Å². The number of oxime groups is 1. The van der Waals surface area contributed by atoms with E-state index in [0.29, 0.717) is 36.6 Å². The molecule has 0 aliphatic heterocycles. The van der Waals surface area contributed by atoms with Gasteiger partial charge in [0.2, 0.25) is 6.10 Å². The lowest BCUT2D eigenvalue weighted by atomic mass is 10.0. The standard InChI is InChI=1S/C23H18Br2ClNO6/c1-12(23(30)31)33-27-11-13-8-18(24)22(19(25)9-13)32-16-6-7-20(28)17(10-16)21(29)14-2-4-15(26)5-3-14/h2-12,21,28-29H,1H3,(H,30,31). The van der Waals surface area contributed by atoms with E-state index in [1.54, 1.807) is 48.5 Å². The van der Waals surface area contributed by atoms with Gasteiger partial charge in [0.05, 0.1) is 15.2 Å². The molecule has 3 aromatic carbocycles. The molecule has 33 heavy (non-hydrogen) atoms. The summed E-state index contributed by atoms with van der Waals surface area (Å²) in [6, 6.07) is 14.6. The van der Waals surface area contributed by atoms with E-state index in [-0.39, 0.29) is 11.3 Å². The van der Waals surface area contributed by atoms with Crippen molar-refractivity contribution in [2.75, 3.05) is 0 Å². The summed E-state index contributed by atoms with van der Waals surface area (Å²) in [6.45, 7) is 1.37. The van der Waals surface area contributed by atoms with Crippen LogP contribution in [0.25, 0.3) is 0 Å². The molecule has 172 valence electrons. The topological polar surface area (TPSA) is 109 Å². The zero-order chi connectivity index (χ0) is 24.1. The molecule has 0 spiro atoms. The Kier molecular flexibility index (Phi) is 8.36. The smallest absolute Gasteiger partial charge is 0.347 e. The molecular formula is C23H18Br2ClNO6. The normalized spacial score (nSPS) is 13.0. The van der Waals surface area contributed by atoms with Crippen molar-refractivity contribution in [3.05, 3.63) is 85.3 Å². The summed E-state index contributed by atoms with van der Waals surface area (Å²) in [5, 5.41) is 34.0. The highest BCUT2D eigenvalue weighted by atomic mass is 79.9. The number of hydrogen-bond donors (Lipinski definition) is 3. The number of phenols is 1. The molecule has 2 atom stereocenters. The molecular weight excluding hydrogens is 582 g/mol. The highest BCUT2D eigenvalue weighted by Gasteiger charge is 2.17. The molecule has 2 unspecified atom stereocenters. The number of aliphatic hydroxyl groups is 1. The molecule has 7 nitrogen and oxygen atoms in total. The zero-order valence-corrected chi connectivity index (χ0v) is 21.0. The summed E-state index contributed by atoms with van der Waals surface area (Å²) in [5.74, 6) is -0.361. The average molecular weight is 600 g/mol. The first-order valence-electron chi connectivity index (χ1n) is 9.51. The number of carbonyl (C=O) groups is 1. The number of benzene rings is 3. The maximum Gasteiger partial charge on any atom is 0.347 e. The Morgan fingerprint density at radius 2 is 1.73 bits per heavy atom. The van der Waals surface area contributed by atoms with E-state index < -0.39 is 18.2 Å². The lowest BCUT2D eigenvalue weighted by molar-refractivity contribution is -0.149. The Morgan fingerprint density at radius 1 is 1.09 bits per heavy atom. The van der Waals surface area contributed by atoms with Gasteiger partial charge in [-0.2, -0.15) is 0 Å². The van der Waals surface area contributed by atoms with Gasteiger partial charge in [0, 0.05) is 10.6 Å². The number of ether oxygens (including phenoxy) is 1. The van der Waals surface area contributed by atoms with E-state index in [9.17, 15) is 15.0 Å². The number of aliphatic hydroxyl groups excluding tert-OH is 1. The molecule has 3 aromatic rings. The number of carboxylic acid groups (broad SMARTS) is 1. The van der Waals surface area contributed by atoms with E-state index in [1.165, 1.54) is 19.2 Å². The maximum atomic E-state index is 10.8. The van der Waals surface area contributed by atoms with Gasteiger partial charge in [-0.25, -0.2) is 4.79 Å². The second-order valence-corrected chi connectivity index (χ2v) is 9.06. The van der Waals surface area contributed by atoms with E-state index >= 15 is 0 Å². The van der Waals surface area contributed by atoms with Crippen LogP contribution in [-0.4, -0.2) is 33.6 Å². The highest BCUT2D eigenvalue weighted by molar-refractivity contribution is 9.11. The lowest BCUT2D eigenvalue weighted by Gasteiger charge is -2.16. The number of rotatable bonds is 8. The Morgan fingerprint density at radius 3 is 2.33 bits per heavy atom. The van der Waals surface area contributed by atoms with Crippen molar-refractivity contribution < 1.29 is 29.7 Å². The maximum absolute atomic E-state index is 10.8. The molecule has 0 amide bonds. The summed E-state index contributed by atoms with van der Waals surface area (Å²) in [4.78, 5) is 15.6. The van der Waals surface area contributed by atoms with Gasteiger partial charge in [-0.15, -0.1) is 0 Å². The van der Waals surface area contributed by atoms with Crippen LogP contribution in [-0.2, 0) is 9.63 Å². The van der Waals surface area contributed by atoms with Crippen LogP contribution in [0, 0.1) is 0 Å². The third-order valence-corrected chi connectivity index (χ3v) is 5.92. The van der Waals surface area contributed by atoms with E-state index in [0.717, 1.165) is 0 Å². The van der Waals surface area contributed by atoms with Crippen molar-refractivity contribution in [2.24, 2.45) is 5.16 Å². The number of hydrogen-bond acceptors (Lipinski definition) is 6. The first kappa shape index (κ1) is 25.0. The average Bonchev–Trinajstić information content (AvgIpc) is 2.77. The van der Waals surface area contributed by atoms with Crippen LogP contribution < -0.4 is 4.74 Å².